The van der Waals surface area contributed by atoms with Crippen molar-refractivity contribution >= 4 is 10.0 Å². The topological polar surface area (TPSA) is 58.6 Å². The average Bonchev–Trinajstić information content (AvgIpc) is 2.15. The Morgan fingerprint density at radius 1 is 1.44 bits per heavy atom. The third kappa shape index (κ3) is 3.41. The minimum Gasteiger partial charge on any atom is -0.383 e. The van der Waals surface area contributed by atoms with Gasteiger partial charge in [-0.05, 0) is 26.8 Å². The van der Waals surface area contributed by atoms with Crippen molar-refractivity contribution in [3.8, 4) is 0 Å². The number of nitrogens with one attached hydrogen (secondary N) is 1. The standard InChI is InChI=1S/C10H22N2O3S/c1-10(2)9-11-5-4-8-16(13,14)12(10)6-7-15-3/h11H,4-9H2,1-3H3. The van der Waals surface area contributed by atoms with Gasteiger partial charge >= 0.3 is 0 Å². The van der Waals surface area contributed by atoms with E-state index in [0.29, 0.717) is 26.1 Å². The molecule has 0 aromatic rings. The molecule has 16 heavy (non-hydrogen) atoms. The van der Waals surface area contributed by atoms with Gasteiger partial charge in [-0.2, -0.15) is 4.31 Å². The van der Waals surface area contributed by atoms with Gasteiger partial charge in [-0.25, -0.2) is 8.42 Å². The number of methoxy groups -OCH3 is 1. The number of sulfonamides is 1. The monoisotopic (exact) mass is 250 g/mol. The summed E-state index contributed by atoms with van der Waals surface area (Å²) in [5, 5.41) is 3.27. The van der Waals surface area contributed by atoms with E-state index in [4.69, 9.17) is 4.74 Å². The second-order valence-corrected chi connectivity index (χ2v) is 6.74. The molecule has 0 amide bonds. The lowest BCUT2D eigenvalue weighted by Gasteiger charge is -2.39. The minimum absolute atomic E-state index is 0.215. The summed E-state index contributed by atoms with van der Waals surface area (Å²) < 4.78 is 30.8. The van der Waals surface area contributed by atoms with E-state index in [1.807, 2.05) is 13.8 Å². The maximum Gasteiger partial charge on any atom is 0.214 e. The first-order valence-electron chi connectivity index (χ1n) is 5.60. The number of hydrogen-bond donors (Lipinski definition) is 1. The van der Waals surface area contributed by atoms with Crippen molar-refractivity contribution < 1.29 is 13.2 Å². The highest BCUT2D eigenvalue weighted by atomic mass is 32.2. The molecule has 1 aliphatic rings. The van der Waals surface area contributed by atoms with E-state index in [2.05, 4.69) is 5.32 Å². The van der Waals surface area contributed by atoms with Crippen LogP contribution in [0.25, 0.3) is 0 Å². The molecule has 0 spiro atoms. The normalized spacial score (nSPS) is 25.9. The van der Waals surface area contributed by atoms with Crippen molar-refractivity contribution in [3.63, 3.8) is 0 Å². The van der Waals surface area contributed by atoms with E-state index < -0.39 is 15.6 Å². The molecule has 1 N–H and O–H groups in total. The summed E-state index contributed by atoms with van der Waals surface area (Å²) >= 11 is 0. The molecular formula is C10H22N2O3S. The SMILES string of the molecule is COCCN1C(C)(C)CNCCCS1(=O)=O. The Morgan fingerprint density at radius 2 is 2.12 bits per heavy atom. The predicted molar refractivity (Wildman–Crippen MR) is 63.9 cm³/mol. The highest BCUT2D eigenvalue weighted by molar-refractivity contribution is 7.89. The molecule has 5 nitrogen and oxygen atoms in total. The zero-order valence-corrected chi connectivity index (χ0v) is 11.1. The van der Waals surface area contributed by atoms with Crippen LogP contribution >= 0.6 is 0 Å². The Labute approximate surface area is 98.2 Å². The zero-order valence-electron chi connectivity index (χ0n) is 10.3. The first-order valence-corrected chi connectivity index (χ1v) is 7.21. The molecule has 0 aromatic heterocycles. The highest BCUT2D eigenvalue weighted by Gasteiger charge is 2.36. The summed E-state index contributed by atoms with van der Waals surface area (Å²) in [6, 6.07) is 0. The van der Waals surface area contributed by atoms with Crippen LogP contribution in [0.4, 0.5) is 0 Å². The van der Waals surface area contributed by atoms with E-state index in [9.17, 15) is 8.42 Å². The van der Waals surface area contributed by atoms with Crippen LogP contribution in [0.3, 0.4) is 0 Å². The van der Waals surface area contributed by atoms with Crippen LogP contribution in [0.2, 0.25) is 0 Å². The molecule has 96 valence electrons. The molecule has 0 bridgehead atoms. The van der Waals surface area contributed by atoms with Gasteiger partial charge in [-0.3, -0.25) is 0 Å². The second kappa shape index (κ2) is 5.44. The maximum atomic E-state index is 12.1. The fourth-order valence-corrected chi connectivity index (χ4v) is 3.86. The third-order valence-corrected chi connectivity index (χ3v) is 4.98. The van der Waals surface area contributed by atoms with Crippen molar-refractivity contribution in [2.75, 3.05) is 39.1 Å². The van der Waals surface area contributed by atoms with E-state index >= 15 is 0 Å². The van der Waals surface area contributed by atoms with Crippen molar-refractivity contribution in [1.82, 2.24) is 9.62 Å². The Morgan fingerprint density at radius 3 is 2.75 bits per heavy atom. The maximum absolute atomic E-state index is 12.1. The lowest BCUT2D eigenvalue weighted by molar-refractivity contribution is 0.138. The molecule has 1 rings (SSSR count). The van der Waals surface area contributed by atoms with Gasteiger partial charge in [-0.1, -0.05) is 0 Å². The molecule has 1 aliphatic heterocycles. The van der Waals surface area contributed by atoms with Gasteiger partial charge in [-0.15, -0.1) is 0 Å². The van der Waals surface area contributed by atoms with Crippen molar-refractivity contribution in [3.05, 3.63) is 0 Å². The minimum atomic E-state index is -3.15. The number of hydrogen-bond acceptors (Lipinski definition) is 4. The zero-order chi connectivity index (χ0) is 12.2. The summed E-state index contributed by atoms with van der Waals surface area (Å²) in [7, 11) is -1.56. The molecule has 0 radical (unpaired) electrons. The van der Waals surface area contributed by atoms with Crippen LogP contribution in [-0.4, -0.2) is 57.4 Å². The van der Waals surface area contributed by atoms with Crippen molar-refractivity contribution in [1.29, 1.82) is 0 Å². The summed E-state index contributed by atoms with van der Waals surface area (Å²) in [5.41, 5.74) is -0.391. The average molecular weight is 250 g/mol. The molecule has 0 aromatic carbocycles. The van der Waals surface area contributed by atoms with E-state index in [-0.39, 0.29) is 5.75 Å². The lowest BCUT2D eigenvalue weighted by atomic mass is 10.1. The fourth-order valence-electron chi connectivity index (χ4n) is 1.96. The van der Waals surface area contributed by atoms with Gasteiger partial charge in [0.05, 0.1) is 12.4 Å². The summed E-state index contributed by atoms with van der Waals surface area (Å²) in [6.07, 6.45) is 0.669. The summed E-state index contributed by atoms with van der Waals surface area (Å²) in [6.45, 7) is 6.18. The molecule has 0 atom stereocenters. The molecule has 6 heteroatoms. The van der Waals surface area contributed by atoms with Gasteiger partial charge in [0.2, 0.25) is 10.0 Å². The van der Waals surface area contributed by atoms with Gasteiger partial charge < -0.3 is 10.1 Å². The first kappa shape index (κ1) is 13.9. The molecule has 1 fully saturated rings. The van der Waals surface area contributed by atoms with E-state index in [0.717, 1.165) is 6.54 Å². The van der Waals surface area contributed by atoms with Crippen LogP contribution in [0.15, 0.2) is 0 Å². The predicted octanol–water partition coefficient (Wildman–Crippen LogP) is 0.0365. The molecule has 1 saturated heterocycles. The summed E-state index contributed by atoms with van der Waals surface area (Å²) in [5.74, 6) is 0.215. The van der Waals surface area contributed by atoms with Gasteiger partial charge in [0.25, 0.3) is 0 Å². The van der Waals surface area contributed by atoms with Crippen LogP contribution in [-0.2, 0) is 14.8 Å². The quantitative estimate of drug-likeness (QED) is 0.768. The number of ether oxygens (including phenoxy) is 1. The van der Waals surface area contributed by atoms with Crippen molar-refractivity contribution in [2.24, 2.45) is 0 Å². The van der Waals surface area contributed by atoms with Crippen molar-refractivity contribution in [2.45, 2.75) is 25.8 Å². The van der Waals surface area contributed by atoms with Gasteiger partial charge in [0.1, 0.15) is 0 Å². The lowest BCUT2D eigenvalue weighted by Crippen LogP contribution is -2.56. The molecular weight excluding hydrogens is 228 g/mol. The first-order chi connectivity index (χ1) is 7.40. The van der Waals surface area contributed by atoms with Crippen LogP contribution in [0.1, 0.15) is 20.3 Å². The van der Waals surface area contributed by atoms with E-state index in [1.165, 1.54) is 0 Å². The van der Waals surface area contributed by atoms with E-state index in [1.54, 1.807) is 11.4 Å². The van der Waals surface area contributed by atoms with Crippen LogP contribution < -0.4 is 5.32 Å². The van der Waals surface area contributed by atoms with Crippen LogP contribution in [0, 0.1) is 0 Å². The van der Waals surface area contributed by atoms with Gasteiger partial charge in [0.15, 0.2) is 0 Å². The smallest absolute Gasteiger partial charge is 0.214 e. The Kier molecular flexibility index (Phi) is 4.73. The number of nitrogens with zero attached hydrogens (tertiary/aromatic N) is 1. The fraction of sp³-hybridized carbons (Fsp3) is 1.00. The molecule has 0 saturated carbocycles. The Balaban J connectivity index is 2.88. The largest absolute Gasteiger partial charge is 0.383 e. The molecule has 1 heterocycles. The highest BCUT2D eigenvalue weighted by Crippen LogP contribution is 2.20. The molecule has 0 unspecified atom stereocenters. The van der Waals surface area contributed by atoms with Crippen LogP contribution in [0.5, 0.6) is 0 Å². The number of rotatable bonds is 3. The third-order valence-electron chi connectivity index (χ3n) is 2.82. The summed E-state index contributed by atoms with van der Waals surface area (Å²) in [4.78, 5) is 0. The Bertz CT molecular complexity index is 314. The van der Waals surface area contributed by atoms with Gasteiger partial charge in [0, 0.05) is 25.7 Å². The Hall–Kier alpha value is -0.170. The molecule has 0 aliphatic carbocycles. The second-order valence-electron chi connectivity index (χ2n) is 4.72.